The molecule has 3 saturated carbocycles. The standard InChI is InChI=1S/C27H31F3N4O2/c1-14(15-5-4-6-19(23(15)28)26(2,29)30)31-25(36)18-13-34(21-10-27(21)7-8-27)22(35)9-20(18)32-24-16-11-33(3)12-17(16)24/h4-6,9,13-14,16-17,21,24,32H,7-8,10-12H2,1-3H3,(H,31,36)/t14-,16-,17+,21+,24-/m1/s1. The van der Waals surface area contributed by atoms with Crippen LogP contribution in [0.1, 0.15) is 66.7 Å². The van der Waals surface area contributed by atoms with Gasteiger partial charge in [-0.2, -0.15) is 0 Å². The third kappa shape index (κ3) is 3.92. The molecule has 3 aliphatic carbocycles. The number of carbonyl (C=O) groups is 1. The molecule has 2 N–H and O–H groups in total. The lowest BCUT2D eigenvalue weighted by molar-refractivity contribution is 0.0135. The highest BCUT2D eigenvalue weighted by molar-refractivity contribution is 5.99. The van der Waals surface area contributed by atoms with E-state index in [0.29, 0.717) is 30.0 Å². The summed E-state index contributed by atoms with van der Waals surface area (Å²) in [5.74, 6) is -3.86. The van der Waals surface area contributed by atoms with Crippen molar-refractivity contribution >= 4 is 11.6 Å². The van der Waals surface area contributed by atoms with Gasteiger partial charge in [-0.05, 0) is 50.5 Å². The molecule has 1 aliphatic heterocycles. The zero-order valence-electron chi connectivity index (χ0n) is 20.7. The van der Waals surface area contributed by atoms with Crippen molar-refractivity contribution in [1.82, 2.24) is 14.8 Å². The lowest BCUT2D eigenvalue weighted by Gasteiger charge is -2.21. The van der Waals surface area contributed by atoms with Crippen LogP contribution in [-0.2, 0) is 5.92 Å². The minimum absolute atomic E-state index is 0.0101. The normalized spacial score (nSPS) is 28.5. The Morgan fingerprint density at radius 3 is 2.53 bits per heavy atom. The van der Waals surface area contributed by atoms with E-state index in [1.165, 1.54) is 18.2 Å². The molecule has 0 radical (unpaired) electrons. The van der Waals surface area contributed by atoms with Crippen LogP contribution in [0.25, 0.3) is 0 Å². The van der Waals surface area contributed by atoms with Gasteiger partial charge in [-0.15, -0.1) is 0 Å². The number of likely N-dealkylation sites (tertiary alicyclic amines) is 1. The Balaban J connectivity index is 1.28. The number of fused-ring (bicyclic) bond motifs is 1. The molecule has 2 aromatic rings. The van der Waals surface area contributed by atoms with E-state index >= 15 is 0 Å². The number of carbonyl (C=O) groups excluding carboxylic acids is 1. The van der Waals surface area contributed by atoms with E-state index in [0.717, 1.165) is 38.4 Å². The van der Waals surface area contributed by atoms with Crippen molar-refractivity contribution < 1.29 is 18.0 Å². The van der Waals surface area contributed by atoms with E-state index in [1.54, 1.807) is 17.7 Å². The lowest BCUT2D eigenvalue weighted by Crippen LogP contribution is -2.32. The van der Waals surface area contributed by atoms with E-state index in [2.05, 4.69) is 22.6 Å². The largest absolute Gasteiger partial charge is 0.381 e. The number of hydrogen-bond acceptors (Lipinski definition) is 4. The first kappa shape index (κ1) is 23.6. The van der Waals surface area contributed by atoms with Crippen LogP contribution in [-0.4, -0.2) is 41.6 Å². The Morgan fingerprint density at radius 2 is 1.92 bits per heavy atom. The van der Waals surface area contributed by atoms with Gasteiger partial charge in [0, 0.05) is 49.9 Å². The summed E-state index contributed by atoms with van der Waals surface area (Å²) in [6, 6.07) is 4.79. The van der Waals surface area contributed by atoms with Gasteiger partial charge in [0.2, 0.25) is 0 Å². The molecule has 1 amide bonds. The highest BCUT2D eigenvalue weighted by atomic mass is 19.3. The van der Waals surface area contributed by atoms with Crippen molar-refractivity contribution in [3.63, 3.8) is 0 Å². The SMILES string of the molecule is C[C@@H](NC(=O)c1cn([C@H]2CC23CC3)c(=O)cc1N[C@@H]1[C@@H]2CN(C)C[C@@H]21)c1cccc(C(C)(F)F)c1F. The molecule has 4 fully saturated rings. The molecular formula is C27H31F3N4O2. The molecule has 1 aromatic carbocycles. The number of amides is 1. The van der Waals surface area contributed by atoms with Crippen LogP contribution in [0.2, 0.25) is 0 Å². The summed E-state index contributed by atoms with van der Waals surface area (Å²) in [6.45, 7) is 4.16. The fourth-order valence-corrected chi connectivity index (χ4v) is 6.22. The number of piperidine rings is 1. The second-order valence-corrected chi connectivity index (χ2v) is 11.4. The Bertz CT molecular complexity index is 1290. The van der Waals surface area contributed by atoms with Crippen molar-refractivity contribution in [2.24, 2.45) is 17.3 Å². The number of rotatable bonds is 7. The number of alkyl halides is 2. The Morgan fingerprint density at radius 1 is 1.22 bits per heavy atom. The predicted molar refractivity (Wildman–Crippen MR) is 130 cm³/mol. The monoisotopic (exact) mass is 500 g/mol. The number of anilines is 1. The Kier molecular flexibility index (Phi) is 5.14. The van der Waals surface area contributed by atoms with Gasteiger partial charge in [0.1, 0.15) is 5.82 Å². The van der Waals surface area contributed by atoms with E-state index < -0.39 is 29.3 Å². The van der Waals surface area contributed by atoms with Gasteiger partial charge < -0.3 is 20.1 Å². The zero-order chi connectivity index (χ0) is 25.6. The van der Waals surface area contributed by atoms with Gasteiger partial charge in [0.05, 0.1) is 22.9 Å². The van der Waals surface area contributed by atoms with Crippen LogP contribution in [0.4, 0.5) is 18.9 Å². The number of benzene rings is 1. The summed E-state index contributed by atoms with van der Waals surface area (Å²) in [5, 5.41) is 6.21. The maximum absolute atomic E-state index is 14.9. The Labute approximate surface area is 207 Å². The molecule has 4 aliphatic rings. The first-order chi connectivity index (χ1) is 17.0. The number of hydrogen-bond donors (Lipinski definition) is 2. The van der Waals surface area contributed by atoms with E-state index in [1.807, 2.05) is 0 Å². The molecule has 36 heavy (non-hydrogen) atoms. The van der Waals surface area contributed by atoms with Crippen molar-refractivity contribution in [2.45, 2.75) is 57.2 Å². The number of nitrogens with zero attached hydrogens (tertiary/aromatic N) is 2. The van der Waals surface area contributed by atoms with Gasteiger partial charge in [0.25, 0.3) is 17.4 Å². The second-order valence-electron chi connectivity index (χ2n) is 11.4. The molecule has 6 nitrogen and oxygen atoms in total. The highest BCUT2D eigenvalue weighted by Crippen LogP contribution is 2.72. The molecule has 5 atom stereocenters. The van der Waals surface area contributed by atoms with E-state index in [4.69, 9.17) is 0 Å². The molecule has 0 bridgehead atoms. The van der Waals surface area contributed by atoms with Crippen LogP contribution < -0.4 is 16.2 Å². The number of nitrogens with one attached hydrogen (secondary N) is 2. The molecular weight excluding hydrogens is 469 g/mol. The number of pyridine rings is 1. The first-order valence-electron chi connectivity index (χ1n) is 12.7. The third-order valence-electron chi connectivity index (χ3n) is 8.71. The molecule has 6 rings (SSSR count). The summed E-state index contributed by atoms with van der Waals surface area (Å²) in [4.78, 5) is 28.7. The van der Waals surface area contributed by atoms with Crippen LogP contribution >= 0.6 is 0 Å². The van der Waals surface area contributed by atoms with Crippen molar-refractivity contribution in [2.75, 3.05) is 25.5 Å². The maximum Gasteiger partial charge on any atom is 0.273 e. The summed E-state index contributed by atoms with van der Waals surface area (Å²) in [5.41, 5.74) is 0.160. The van der Waals surface area contributed by atoms with Crippen molar-refractivity contribution in [1.29, 1.82) is 0 Å². The van der Waals surface area contributed by atoms with E-state index in [9.17, 15) is 22.8 Å². The van der Waals surface area contributed by atoms with Crippen LogP contribution in [0, 0.1) is 23.1 Å². The summed E-state index contributed by atoms with van der Waals surface area (Å²) >= 11 is 0. The van der Waals surface area contributed by atoms with Crippen LogP contribution in [0.5, 0.6) is 0 Å². The summed E-state index contributed by atoms with van der Waals surface area (Å²) in [6.07, 6.45) is 4.76. The molecule has 1 aromatic heterocycles. The quantitative estimate of drug-likeness (QED) is 0.596. The topological polar surface area (TPSA) is 66.4 Å². The molecule has 1 spiro atoms. The molecule has 192 valence electrons. The average molecular weight is 501 g/mol. The van der Waals surface area contributed by atoms with Gasteiger partial charge in [-0.25, -0.2) is 13.2 Å². The summed E-state index contributed by atoms with van der Waals surface area (Å²) < 4.78 is 44.3. The summed E-state index contributed by atoms with van der Waals surface area (Å²) in [7, 11) is 2.08. The van der Waals surface area contributed by atoms with Gasteiger partial charge >= 0.3 is 0 Å². The maximum atomic E-state index is 14.9. The van der Waals surface area contributed by atoms with Gasteiger partial charge in [-0.3, -0.25) is 9.59 Å². The van der Waals surface area contributed by atoms with E-state index in [-0.39, 0.29) is 28.6 Å². The molecule has 9 heteroatoms. The number of halogens is 3. The zero-order valence-corrected chi connectivity index (χ0v) is 20.7. The first-order valence-corrected chi connectivity index (χ1v) is 12.7. The van der Waals surface area contributed by atoms with Gasteiger partial charge in [0.15, 0.2) is 0 Å². The third-order valence-corrected chi connectivity index (χ3v) is 8.71. The van der Waals surface area contributed by atoms with Crippen LogP contribution in [0.3, 0.4) is 0 Å². The molecule has 1 saturated heterocycles. The minimum Gasteiger partial charge on any atom is -0.381 e. The minimum atomic E-state index is -3.34. The second kappa shape index (κ2) is 7.84. The molecule has 2 heterocycles. The fourth-order valence-electron chi connectivity index (χ4n) is 6.22. The number of aromatic nitrogens is 1. The fraction of sp³-hybridized carbons (Fsp3) is 0.556. The molecule has 0 unspecified atom stereocenters. The smallest absolute Gasteiger partial charge is 0.273 e. The van der Waals surface area contributed by atoms with Crippen molar-refractivity contribution in [3.8, 4) is 0 Å². The van der Waals surface area contributed by atoms with Gasteiger partial charge in [-0.1, -0.05) is 18.2 Å². The highest BCUT2D eigenvalue weighted by Gasteiger charge is 2.64. The lowest BCUT2D eigenvalue weighted by atomic mass is 10.0. The predicted octanol–water partition coefficient (Wildman–Crippen LogP) is 4.29. The van der Waals surface area contributed by atoms with Crippen molar-refractivity contribution in [3.05, 3.63) is 63.3 Å². The Hall–Kier alpha value is -2.81. The average Bonchev–Trinajstić information content (AvgIpc) is 3.76. The van der Waals surface area contributed by atoms with Crippen LogP contribution in [0.15, 0.2) is 35.3 Å².